The van der Waals surface area contributed by atoms with E-state index in [0.717, 1.165) is 0 Å². The number of para-hydroxylation sites is 3. The third kappa shape index (κ3) is 4.15. The Morgan fingerprint density at radius 2 is 0.952 bits per heavy atom. The van der Waals surface area contributed by atoms with Crippen LogP contribution >= 0.6 is 0 Å². The van der Waals surface area contributed by atoms with Crippen molar-refractivity contribution >= 4 is 41.4 Å². The van der Waals surface area contributed by atoms with E-state index in [1.54, 1.807) is 0 Å². The smallest absolute Gasteiger partial charge is 0.318 e. The Kier molecular flexibility index (Phi) is 7.11. The van der Waals surface area contributed by atoms with Crippen LogP contribution in [0.15, 0.2) is 72.9 Å². The second kappa shape index (κ2) is 10.5. The number of fused-ring (bicyclic) bond motifs is 5. The molecule has 0 unspecified atom stereocenters. The number of hydrogen-bond acceptors (Lipinski definition) is 3. The van der Waals surface area contributed by atoms with E-state index >= 15 is 0 Å². The molecule has 0 saturated carbocycles. The van der Waals surface area contributed by atoms with Crippen LogP contribution in [0.2, 0.25) is 0 Å². The molecule has 5 heteroatoms. The number of nitrogens with zero attached hydrogens (tertiary/aromatic N) is 4. The van der Waals surface area contributed by atoms with Gasteiger partial charge in [0.15, 0.2) is 0 Å². The van der Waals surface area contributed by atoms with Gasteiger partial charge in [0.05, 0.1) is 18.9 Å². The number of hydrogen-bond donors (Lipinski definition) is 0. The number of anilines is 6. The van der Waals surface area contributed by atoms with Gasteiger partial charge in [-0.15, -0.1) is 0 Å². The molecule has 3 aromatic carbocycles. The lowest BCUT2D eigenvalue weighted by Crippen LogP contribution is -2.53. The minimum atomic E-state index is -0.0699. The van der Waals surface area contributed by atoms with Crippen LogP contribution in [0.5, 0.6) is 0 Å². The van der Waals surface area contributed by atoms with Crippen molar-refractivity contribution in [2.75, 3.05) is 14.4 Å². The van der Waals surface area contributed by atoms with Gasteiger partial charge in [-0.25, -0.2) is 9.38 Å². The molecular formula is C37H46BN4+. The van der Waals surface area contributed by atoms with Crippen molar-refractivity contribution in [2.45, 2.75) is 86.0 Å². The monoisotopic (exact) mass is 557 g/mol. The summed E-state index contributed by atoms with van der Waals surface area (Å²) in [6.07, 6.45) is 2.19. The molecule has 2 aliphatic rings. The van der Waals surface area contributed by atoms with Gasteiger partial charge >= 0.3 is 7.12 Å². The molecule has 0 saturated heterocycles. The van der Waals surface area contributed by atoms with Crippen LogP contribution < -0.4 is 19.0 Å². The number of aromatic nitrogens is 1. The highest BCUT2D eigenvalue weighted by Gasteiger charge is 2.63. The predicted octanol–water partition coefficient (Wildman–Crippen LogP) is 9.74. The van der Waals surface area contributed by atoms with Crippen LogP contribution in [0.1, 0.15) is 107 Å². The first-order chi connectivity index (χ1) is 20.0. The molecule has 4 nitrogen and oxygen atoms in total. The fourth-order valence-corrected chi connectivity index (χ4v) is 7.20. The van der Waals surface area contributed by atoms with Crippen molar-refractivity contribution in [1.29, 1.82) is 0 Å². The molecule has 6 rings (SSSR count). The zero-order valence-electron chi connectivity index (χ0n) is 27.1. The number of benzene rings is 3. The van der Waals surface area contributed by atoms with Gasteiger partial charge in [-0.2, -0.15) is 0 Å². The quantitative estimate of drug-likeness (QED) is 0.173. The van der Waals surface area contributed by atoms with Crippen LogP contribution in [-0.4, -0.2) is 7.12 Å². The van der Waals surface area contributed by atoms with Gasteiger partial charge < -0.3 is 9.62 Å². The molecule has 0 amide bonds. The summed E-state index contributed by atoms with van der Waals surface area (Å²) in [5.74, 6) is 2.80. The fraction of sp³-hybridized carbons (Fsp3) is 0.378. The van der Waals surface area contributed by atoms with E-state index in [2.05, 4.69) is 161 Å². The highest BCUT2D eigenvalue weighted by molar-refractivity contribution is 6.80. The van der Waals surface area contributed by atoms with E-state index in [1.165, 1.54) is 62.1 Å². The van der Waals surface area contributed by atoms with E-state index < -0.39 is 0 Å². The molecule has 0 fully saturated rings. The third-order valence-corrected chi connectivity index (χ3v) is 9.19. The van der Waals surface area contributed by atoms with Gasteiger partial charge in [0, 0.05) is 11.4 Å². The van der Waals surface area contributed by atoms with E-state index in [9.17, 15) is 0 Å². The van der Waals surface area contributed by atoms with Crippen LogP contribution in [0.25, 0.3) is 0 Å². The molecule has 0 radical (unpaired) electrons. The Balaban J connectivity index is 1.76. The lowest BCUT2D eigenvalue weighted by Gasteiger charge is -2.34. The first-order valence-corrected chi connectivity index (χ1v) is 15.8. The summed E-state index contributed by atoms with van der Waals surface area (Å²) < 4.78 is 2.31. The summed E-state index contributed by atoms with van der Waals surface area (Å²) in [7, 11) is 2.12. The second-order valence-electron chi connectivity index (χ2n) is 13.4. The molecule has 0 atom stereocenters. The predicted molar refractivity (Wildman–Crippen MR) is 180 cm³/mol. The summed E-state index contributed by atoms with van der Waals surface area (Å²) in [6.45, 7) is 20.9. The molecule has 216 valence electrons. The topological polar surface area (TPSA) is 13.6 Å². The molecule has 4 aromatic rings. The van der Waals surface area contributed by atoms with Crippen LogP contribution in [0, 0.1) is 6.92 Å². The zero-order chi connectivity index (χ0) is 30.0. The number of rotatable bonds is 6. The minimum absolute atomic E-state index is 0.0699. The van der Waals surface area contributed by atoms with E-state index in [-0.39, 0.29) is 7.12 Å². The maximum Gasteiger partial charge on any atom is 0.644 e. The van der Waals surface area contributed by atoms with Crippen LogP contribution in [0.4, 0.5) is 34.3 Å². The highest BCUT2D eigenvalue weighted by Crippen LogP contribution is 2.58. The Morgan fingerprint density at radius 1 is 0.524 bits per heavy atom. The Labute approximate surface area is 253 Å². The van der Waals surface area contributed by atoms with E-state index in [4.69, 9.17) is 0 Å². The summed E-state index contributed by atoms with van der Waals surface area (Å²) >= 11 is 0. The van der Waals surface area contributed by atoms with Crippen molar-refractivity contribution in [1.82, 2.24) is 0 Å². The second-order valence-corrected chi connectivity index (χ2v) is 13.4. The fourth-order valence-electron chi connectivity index (χ4n) is 7.20. The van der Waals surface area contributed by atoms with Crippen molar-refractivity contribution in [2.24, 2.45) is 7.05 Å². The molecule has 3 heterocycles. The molecule has 0 spiro atoms. The summed E-state index contributed by atoms with van der Waals surface area (Å²) in [6, 6.07) is 25.2. The largest absolute Gasteiger partial charge is 0.644 e. The molecule has 0 aliphatic carbocycles. The lowest BCUT2D eigenvalue weighted by molar-refractivity contribution is -0.657. The van der Waals surface area contributed by atoms with Gasteiger partial charge in [0.1, 0.15) is 11.4 Å². The maximum atomic E-state index is 2.67. The Bertz CT molecular complexity index is 1480. The average Bonchev–Trinajstić information content (AvgIpc) is 3.45. The average molecular weight is 558 g/mol. The normalized spacial score (nSPS) is 14.1. The highest BCUT2D eigenvalue weighted by atomic mass is 15.5. The minimum Gasteiger partial charge on any atom is -0.318 e. The summed E-state index contributed by atoms with van der Waals surface area (Å²) in [5.41, 5.74) is 13.4. The van der Waals surface area contributed by atoms with Gasteiger partial charge in [0.25, 0.3) is 5.82 Å². The van der Waals surface area contributed by atoms with Gasteiger partial charge in [-0.1, -0.05) is 104 Å². The van der Waals surface area contributed by atoms with Crippen molar-refractivity contribution in [3.63, 3.8) is 0 Å². The summed E-state index contributed by atoms with van der Waals surface area (Å²) in [4.78, 5) is 7.96. The van der Waals surface area contributed by atoms with Gasteiger partial charge in [0.2, 0.25) is 0 Å². The number of pyridine rings is 1. The SMILES string of the molecule is Cc1cccc2c1N1B(N2c2c(C(C)C)cccc2C(C)C)N(c2c(C(C)C)cccc2C(C)C)c2ccc[n+](C)c21. The van der Waals surface area contributed by atoms with Crippen molar-refractivity contribution < 1.29 is 4.57 Å². The van der Waals surface area contributed by atoms with E-state index in [0.29, 0.717) is 23.7 Å². The maximum absolute atomic E-state index is 2.67. The standard InChI is InChI=1S/C37H46BN4/c1-23(2)28-16-12-17-29(24(3)4)35(28)40-32-20-11-15-27(9)34(32)42-37-33(21-14-22-39(37)10)41(38(40)42)36-30(25(5)6)18-13-19-31(36)26(7)8/h11-26H,1-10H3/q+1. The molecule has 1 aromatic heterocycles. The Hall–Kier alpha value is -3.73. The zero-order valence-corrected chi connectivity index (χ0v) is 27.1. The Morgan fingerprint density at radius 3 is 1.43 bits per heavy atom. The third-order valence-electron chi connectivity index (χ3n) is 9.19. The van der Waals surface area contributed by atoms with Gasteiger partial charge in [-0.05, 0) is 76.6 Å². The van der Waals surface area contributed by atoms with Crippen molar-refractivity contribution in [3.8, 4) is 0 Å². The van der Waals surface area contributed by atoms with Crippen molar-refractivity contribution in [3.05, 3.63) is 101 Å². The molecule has 0 bridgehead atoms. The van der Waals surface area contributed by atoms with Gasteiger partial charge in [-0.3, -0.25) is 0 Å². The number of aryl methyl sites for hydroxylation is 2. The first-order valence-electron chi connectivity index (χ1n) is 15.8. The summed E-state index contributed by atoms with van der Waals surface area (Å²) in [5, 5.41) is 0. The molecule has 0 N–H and O–H groups in total. The molecule has 2 aliphatic heterocycles. The first kappa shape index (κ1) is 28.4. The van der Waals surface area contributed by atoms with Crippen LogP contribution in [0.3, 0.4) is 0 Å². The lowest BCUT2D eigenvalue weighted by atomic mass is 9.80. The molecular weight excluding hydrogens is 511 g/mol. The van der Waals surface area contributed by atoms with E-state index in [1.807, 2.05) is 0 Å². The van der Waals surface area contributed by atoms with Crippen LogP contribution in [-0.2, 0) is 7.05 Å². The molecule has 42 heavy (non-hydrogen) atoms.